The van der Waals surface area contributed by atoms with Crippen molar-refractivity contribution in [3.63, 3.8) is 0 Å². The first-order chi connectivity index (χ1) is 22.6. The molecule has 5 aromatic rings. The quantitative estimate of drug-likeness (QED) is 0.140. The van der Waals surface area contributed by atoms with Gasteiger partial charge in [0, 0.05) is 33.1 Å². The minimum Gasteiger partial charge on any atom is -0.355 e. The van der Waals surface area contributed by atoms with Gasteiger partial charge in [0.15, 0.2) is 0 Å². The third-order valence-corrected chi connectivity index (χ3v) is 7.94. The van der Waals surface area contributed by atoms with E-state index in [-0.39, 0.29) is 0 Å². The minimum absolute atomic E-state index is 0.842. The molecule has 0 unspecified atom stereocenters. The molecule has 9 heterocycles. The van der Waals surface area contributed by atoms with Gasteiger partial charge in [-0.15, -0.1) is 0 Å². The fourth-order valence-electron chi connectivity index (χ4n) is 5.77. The van der Waals surface area contributed by atoms with Crippen molar-refractivity contribution in [1.82, 2.24) is 39.9 Å². The highest BCUT2D eigenvalue weighted by molar-refractivity contribution is 5.83. The highest BCUT2D eigenvalue weighted by Gasteiger charge is 2.07. The first-order valence-corrected chi connectivity index (χ1v) is 15.0. The Labute approximate surface area is 262 Å². The number of rotatable bonds is 0. The topological polar surface area (TPSA) is 115 Å². The van der Waals surface area contributed by atoms with E-state index in [1.807, 2.05) is 109 Å². The summed E-state index contributed by atoms with van der Waals surface area (Å²) in [7, 11) is 0. The fourth-order valence-corrected chi connectivity index (χ4v) is 5.77. The zero-order chi connectivity index (χ0) is 30.5. The van der Waals surface area contributed by atoms with Crippen molar-refractivity contribution >= 4 is 92.7 Å². The van der Waals surface area contributed by atoms with Crippen LogP contribution in [0.15, 0.2) is 84.9 Å². The molecule has 218 valence electrons. The molecule has 0 atom stereocenters. The number of aromatic nitrogens is 8. The van der Waals surface area contributed by atoms with Crippen molar-refractivity contribution in [1.29, 1.82) is 0 Å². The standard InChI is InChI=1S/C38H26N8/c1-5-27-19-31-9-13-35(43-31)36-14-11-33(45-36)21-29-7-3-25(41-29)18-26-4-8-30(42-26)22-34-12-16-38(46-34)37-15-10-32(44-37)20-28-6-2-24(40-28)17-23(1)39-27/h1-22,39,41,44,46H. The summed E-state index contributed by atoms with van der Waals surface area (Å²) < 4.78 is 0. The average Bonchev–Trinajstić information content (AvgIpc) is 3.88. The Kier molecular flexibility index (Phi) is 5.95. The van der Waals surface area contributed by atoms with Crippen LogP contribution in [0.5, 0.6) is 0 Å². The van der Waals surface area contributed by atoms with Gasteiger partial charge in [-0.05, 0) is 134 Å². The summed E-state index contributed by atoms with van der Waals surface area (Å²) in [6.07, 6.45) is 16.1. The zero-order valence-electron chi connectivity index (χ0n) is 24.5. The van der Waals surface area contributed by atoms with Crippen molar-refractivity contribution < 1.29 is 0 Å². The van der Waals surface area contributed by atoms with Gasteiger partial charge in [0.25, 0.3) is 0 Å². The van der Waals surface area contributed by atoms with Crippen LogP contribution in [-0.4, -0.2) is 39.9 Å². The number of hydrogen-bond acceptors (Lipinski definition) is 4. The van der Waals surface area contributed by atoms with Crippen molar-refractivity contribution in [2.24, 2.45) is 0 Å². The molecule has 8 heteroatoms. The molecule has 0 aromatic carbocycles. The van der Waals surface area contributed by atoms with Gasteiger partial charge >= 0.3 is 0 Å². The van der Waals surface area contributed by atoms with Crippen molar-refractivity contribution in [3.05, 3.63) is 130 Å². The van der Waals surface area contributed by atoms with Crippen LogP contribution >= 0.6 is 0 Å². The van der Waals surface area contributed by atoms with Crippen molar-refractivity contribution in [2.45, 2.75) is 0 Å². The predicted molar refractivity (Wildman–Crippen MR) is 189 cm³/mol. The molecule has 0 amide bonds. The van der Waals surface area contributed by atoms with E-state index in [1.54, 1.807) is 0 Å². The first kappa shape index (κ1) is 25.9. The van der Waals surface area contributed by atoms with Crippen LogP contribution in [-0.2, 0) is 0 Å². The second-order valence-electron chi connectivity index (χ2n) is 11.4. The summed E-state index contributed by atoms with van der Waals surface area (Å²) >= 11 is 0. The van der Waals surface area contributed by atoms with Gasteiger partial charge in [0.2, 0.25) is 0 Å². The monoisotopic (exact) mass is 594 g/mol. The Balaban J connectivity index is 1.20. The molecule has 0 spiro atoms. The summed E-state index contributed by atoms with van der Waals surface area (Å²) in [5.41, 5.74) is 14.8. The summed E-state index contributed by atoms with van der Waals surface area (Å²) in [5.74, 6) is 0. The van der Waals surface area contributed by atoms with E-state index in [1.165, 1.54) is 0 Å². The molecule has 9 rings (SSSR count). The lowest BCUT2D eigenvalue weighted by Crippen LogP contribution is -1.81. The van der Waals surface area contributed by atoms with Gasteiger partial charge < -0.3 is 19.9 Å². The predicted octanol–water partition coefficient (Wildman–Crippen LogP) is 8.75. The third kappa shape index (κ3) is 5.24. The number of nitrogens with zero attached hydrogens (tertiary/aromatic N) is 4. The van der Waals surface area contributed by atoms with E-state index in [2.05, 4.69) is 44.2 Å². The number of fused-ring (bicyclic) bond motifs is 18. The molecule has 4 aliphatic rings. The van der Waals surface area contributed by atoms with Gasteiger partial charge in [0.1, 0.15) is 0 Å². The largest absolute Gasteiger partial charge is 0.355 e. The zero-order valence-corrected chi connectivity index (χ0v) is 24.5. The van der Waals surface area contributed by atoms with E-state index in [0.29, 0.717) is 0 Å². The smallest absolute Gasteiger partial charge is 0.0894 e. The Morgan fingerprint density at radius 2 is 0.565 bits per heavy atom. The maximum absolute atomic E-state index is 4.80. The molecule has 5 aromatic heterocycles. The summed E-state index contributed by atoms with van der Waals surface area (Å²) in [6, 6.07) is 28.7. The van der Waals surface area contributed by atoms with E-state index in [9.17, 15) is 0 Å². The van der Waals surface area contributed by atoms with Crippen LogP contribution in [0.4, 0.5) is 0 Å². The van der Waals surface area contributed by atoms with E-state index in [4.69, 9.17) is 19.9 Å². The lowest BCUT2D eigenvalue weighted by atomic mass is 10.3. The lowest BCUT2D eigenvalue weighted by molar-refractivity contribution is 1.23. The van der Waals surface area contributed by atoms with Gasteiger partial charge in [-0.25, -0.2) is 19.9 Å². The maximum Gasteiger partial charge on any atom is 0.0894 e. The molecule has 4 N–H and O–H groups in total. The van der Waals surface area contributed by atoms with Crippen LogP contribution in [0, 0.1) is 0 Å². The van der Waals surface area contributed by atoms with Gasteiger partial charge in [0.05, 0.1) is 56.6 Å². The number of H-pyrrole nitrogens is 4. The normalized spacial score (nSPS) is 12.9. The van der Waals surface area contributed by atoms with Crippen molar-refractivity contribution in [2.75, 3.05) is 0 Å². The SMILES string of the molecule is C1=Cc2cc3ccc([nH]3)c3ccc(cc4nc(cc5ccc(cc6nc(c7nc(cc8ccc(cc1n2)[nH]8)C=C7)C=C6)[nH]5)C=C4)[nH]3. The molecular formula is C38H26N8. The molecule has 16 bridgehead atoms. The summed E-state index contributed by atoms with van der Waals surface area (Å²) in [6.45, 7) is 0. The van der Waals surface area contributed by atoms with E-state index < -0.39 is 0 Å². The Morgan fingerprint density at radius 3 is 0.935 bits per heavy atom. The Morgan fingerprint density at radius 1 is 0.283 bits per heavy atom. The molecule has 0 aliphatic carbocycles. The molecule has 0 saturated carbocycles. The van der Waals surface area contributed by atoms with Gasteiger partial charge in [-0.1, -0.05) is 0 Å². The fraction of sp³-hybridized carbons (Fsp3) is 0. The second-order valence-corrected chi connectivity index (χ2v) is 11.4. The molecule has 4 aliphatic heterocycles. The minimum atomic E-state index is 0.842. The second kappa shape index (κ2) is 10.6. The van der Waals surface area contributed by atoms with Crippen LogP contribution in [0.2, 0.25) is 0 Å². The summed E-state index contributed by atoms with van der Waals surface area (Å²) in [5, 5.41) is 0. The number of aromatic amines is 4. The lowest BCUT2D eigenvalue weighted by Gasteiger charge is -1.87. The van der Waals surface area contributed by atoms with Gasteiger partial charge in [-0.2, -0.15) is 0 Å². The molecule has 0 fully saturated rings. The van der Waals surface area contributed by atoms with E-state index in [0.717, 1.165) is 89.7 Å². The molecule has 8 nitrogen and oxygen atoms in total. The number of hydrogen-bond donors (Lipinski definition) is 4. The summed E-state index contributed by atoms with van der Waals surface area (Å²) in [4.78, 5) is 33.1. The molecular weight excluding hydrogens is 568 g/mol. The highest BCUT2D eigenvalue weighted by atomic mass is 14.8. The van der Waals surface area contributed by atoms with Crippen molar-refractivity contribution in [3.8, 4) is 0 Å². The molecule has 0 saturated heterocycles. The first-order valence-electron chi connectivity index (χ1n) is 15.0. The third-order valence-electron chi connectivity index (χ3n) is 7.94. The van der Waals surface area contributed by atoms with E-state index >= 15 is 0 Å². The van der Waals surface area contributed by atoms with Crippen LogP contribution in [0.25, 0.3) is 92.7 Å². The van der Waals surface area contributed by atoms with Gasteiger partial charge in [-0.3, -0.25) is 0 Å². The van der Waals surface area contributed by atoms with Crippen LogP contribution in [0.3, 0.4) is 0 Å². The number of nitrogens with one attached hydrogen (secondary N) is 4. The Bertz CT molecular complexity index is 2420. The maximum atomic E-state index is 4.80. The molecule has 0 radical (unpaired) electrons. The van der Waals surface area contributed by atoms with Crippen LogP contribution in [0.1, 0.15) is 45.6 Å². The Hall–Kier alpha value is -6.54. The van der Waals surface area contributed by atoms with Crippen LogP contribution < -0.4 is 0 Å². The average molecular weight is 595 g/mol. The molecule has 46 heavy (non-hydrogen) atoms. The highest BCUT2D eigenvalue weighted by Crippen LogP contribution is 2.21.